The third-order valence-corrected chi connectivity index (χ3v) is 3.37. The molecule has 6 heteroatoms. The van der Waals surface area contributed by atoms with Crippen molar-refractivity contribution in [3.63, 3.8) is 0 Å². The largest absolute Gasteiger partial charge is 0.493 e. The van der Waals surface area contributed by atoms with Gasteiger partial charge < -0.3 is 18.9 Å². The summed E-state index contributed by atoms with van der Waals surface area (Å²) in [5.41, 5.74) is 1.94. The van der Waals surface area contributed by atoms with E-state index in [2.05, 4.69) is 0 Å². The Morgan fingerprint density at radius 1 is 0.720 bits per heavy atom. The molecule has 0 aliphatic rings. The van der Waals surface area contributed by atoms with Crippen molar-refractivity contribution in [1.82, 2.24) is 0 Å². The third-order valence-electron chi connectivity index (χ3n) is 3.37. The predicted molar refractivity (Wildman–Crippen MR) is 91.4 cm³/mol. The van der Waals surface area contributed by atoms with Crippen molar-refractivity contribution < 1.29 is 28.5 Å². The van der Waals surface area contributed by atoms with E-state index < -0.39 is 11.9 Å². The first kappa shape index (κ1) is 18.3. The molecule has 132 valence electrons. The number of esters is 2. The molecule has 0 aromatic heterocycles. The van der Waals surface area contributed by atoms with Crippen LogP contribution < -0.4 is 18.9 Å². The lowest BCUT2D eigenvalue weighted by molar-refractivity contribution is -0.132. The van der Waals surface area contributed by atoms with E-state index >= 15 is 0 Å². The van der Waals surface area contributed by atoms with Gasteiger partial charge in [0.25, 0.3) is 0 Å². The minimum Gasteiger partial charge on any atom is -0.493 e. The van der Waals surface area contributed by atoms with Gasteiger partial charge in [0.05, 0.1) is 14.2 Å². The zero-order valence-electron chi connectivity index (χ0n) is 14.6. The fraction of sp³-hybridized carbons (Fsp3) is 0.263. The molecule has 6 nitrogen and oxygen atoms in total. The van der Waals surface area contributed by atoms with Crippen LogP contribution in [0, 0.1) is 0 Å². The molecule has 0 fully saturated rings. The van der Waals surface area contributed by atoms with E-state index in [9.17, 15) is 9.59 Å². The van der Waals surface area contributed by atoms with Crippen LogP contribution in [0.4, 0.5) is 0 Å². The highest BCUT2D eigenvalue weighted by Gasteiger charge is 2.11. The molecule has 0 saturated carbocycles. The Morgan fingerprint density at radius 2 is 1.12 bits per heavy atom. The van der Waals surface area contributed by atoms with Crippen molar-refractivity contribution in [3.05, 3.63) is 47.5 Å². The number of hydrogen-bond acceptors (Lipinski definition) is 6. The van der Waals surface area contributed by atoms with Gasteiger partial charge in [0, 0.05) is 13.8 Å². The Labute approximate surface area is 146 Å². The molecule has 2 aromatic carbocycles. The van der Waals surface area contributed by atoms with Crippen molar-refractivity contribution >= 4 is 11.9 Å². The van der Waals surface area contributed by atoms with Crippen molar-refractivity contribution in [2.75, 3.05) is 14.2 Å². The van der Waals surface area contributed by atoms with Gasteiger partial charge in [0.2, 0.25) is 0 Å². The van der Waals surface area contributed by atoms with Gasteiger partial charge in [-0.25, -0.2) is 0 Å². The Hall–Kier alpha value is -3.02. The summed E-state index contributed by atoms with van der Waals surface area (Å²) in [5.74, 6) is 0.907. The van der Waals surface area contributed by atoms with E-state index in [1.165, 1.54) is 28.1 Å². The molecule has 0 bridgehead atoms. The van der Waals surface area contributed by atoms with Crippen molar-refractivity contribution in [3.8, 4) is 23.0 Å². The summed E-state index contributed by atoms with van der Waals surface area (Å²) in [5, 5.41) is 0. The molecular formula is C19H20O6. The summed E-state index contributed by atoms with van der Waals surface area (Å²) in [4.78, 5) is 22.2. The number of benzene rings is 2. The van der Waals surface area contributed by atoms with Gasteiger partial charge in [-0.3, -0.25) is 9.59 Å². The van der Waals surface area contributed by atoms with Crippen LogP contribution in [0.25, 0.3) is 0 Å². The third kappa shape index (κ3) is 4.97. The predicted octanol–water partition coefficient (Wildman–Crippen LogP) is 3.15. The maximum Gasteiger partial charge on any atom is 0.308 e. The zero-order valence-corrected chi connectivity index (χ0v) is 14.6. The molecule has 0 amide bonds. The van der Waals surface area contributed by atoms with Gasteiger partial charge in [-0.05, 0) is 41.8 Å². The average Bonchev–Trinajstić information content (AvgIpc) is 2.56. The summed E-state index contributed by atoms with van der Waals surface area (Å²) >= 11 is 0. The highest BCUT2D eigenvalue weighted by atomic mass is 16.6. The second-order valence-corrected chi connectivity index (χ2v) is 5.33. The summed E-state index contributed by atoms with van der Waals surface area (Å²) in [6.45, 7) is 2.68. The standard InChI is InChI=1S/C19H20O6/c1-12(20)24-16-7-5-14(10-18(16)22-3)9-15-6-8-17(25-13(2)21)19(11-15)23-4/h5-8,10-11H,9H2,1-4H3. The smallest absolute Gasteiger partial charge is 0.308 e. The number of carbonyl (C=O) groups excluding carboxylic acids is 2. The van der Waals surface area contributed by atoms with Crippen LogP contribution in [-0.2, 0) is 16.0 Å². The van der Waals surface area contributed by atoms with Crippen molar-refractivity contribution in [2.45, 2.75) is 20.3 Å². The lowest BCUT2D eigenvalue weighted by atomic mass is 10.0. The van der Waals surface area contributed by atoms with Gasteiger partial charge >= 0.3 is 11.9 Å². The van der Waals surface area contributed by atoms with Crippen LogP contribution in [0.15, 0.2) is 36.4 Å². The van der Waals surface area contributed by atoms with Crippen LogP contribution >= 0.6 is 0 Å². The van der Waals surface area contributed by atoms with E-state index in [0.717, 1.165) is 11.1 Å². The molecule has 0 unspecified atom stereocenters. The summed E-state index contributed by atoms with van der Waals surface area (Å²) in [6.07, 6.45) is 0.605. The van der Waals surface area contributed by atoms with E-state index in [0.29, 0.717) is 29.4 Å². The fourth-order valence-corrected chi connectivity index (χ4v) is 2.36. The highest BCUT2D eigenvalue weighted by molar-refractivity contribution is 5.71. The van der Waals surface area contributed by atoms with Crippen LogP contribution in [0.5, 0.6) is 23.0 Å². The molecule has 0 radical (unpaired) electrons. The van der Waals surface area contributed by atoms with Gasteiger partial charge in [0.1, 0.15) is 0 Å². The van der Waals surface area contributed by atoms with Crippen LogP contribution in [0.1, 0.15) is 25.0 Å². The van der Waals surface area contributed by atoms with Gasteiger partial charge in [-0.15, -0.1) is 0 Å². The fourth-order valence-electron chi connectivity index (χ4n) is 2.36. The van der Waals surface area contributed by atoms with Crippen molar-refractivity contribution in [1.29, 1.82) is 0 Å². The molecule has 0 spiro atoms. The topological polar surface area (TPSA) is 71.1 Å². The summed E-state index contributed by atoms with van der Waals surface area (Å²) in [6, 6.07) is 10.7. The maximum absolute atomic E-state index is 11.1. The number of hydrogen-bond donors (Lipinski definition) is 0. The summed E-state index contributed by atoms with van der Waals surface area (Å²) < 4.78 is 20.7. The SMILES string of the molecule is COc1cc(Cc2ccc(OC(C)=O)c(OC)c2)ccc1OC(C)=O. The van der Waals surface area contributed by atoms with Crippen LogP contribution in [0.3, 0.4) is 0 Å². The average molecular weight is 344 g/mol. The molecule has 0 N–H and O–H groups in total. The minimum atomic E-state index is -0.406. The first-order chi connectivity index (χ1) is 11.9. The molecule has 25 heavy (non-hydrogen) atoms. The Morgan fingerprint density at radius 3 is 1.44 bits per heavy atom. The number of ether oxygens (including phenoxy) is 4. The highest BCUT2D eigenvalue weighted by Crippen LogP contribution is 2.32. The second kappa shape index (κ2) is 8.19. The number of rotatable bonds is 6. The first-order valence-electron chi connectivity index (χ1n) is 7.63. The Kier molecular flexibility index (Phi) is 6.00. The molecule has 2 rings (SSSR count). The maximum atomic E-state index is 11.1. The first-order valence-corrected chi connectivity index (χ1v) is 7.63. The van der Waals surface area contributed by atoms with E-state index in [4.69, 9.17) is 18.9 Å². The lowest BCUT2D eigenvalue weighted by Gasteiger charge is -2.12. The van der Waals surface area contributed by atoms with Gasteiger partial charge in [-0.2, -0.15) is 0 Å². The molecule has 0 atom stereocenters. The second-order valence-electron chi connectivity index (χ2n) is 5.33. The Balaban J connectivity index is 2.24. The summed E-state index contributed by atoms with van der Waals surface area (Å²) in [7, 11) is 3.03. The normalized spacial score (nSPS) is 10.1. The number of carbonyl (C=O) groups is 2. The molecule has 0 saturated heterocycles. The molecule has 0 aliphatic carbocycles. The molecule has 2 aromatic rings. The van der Waals surface area contributed by atoms with E-state index in [1.54, 1.807) is 12.1 Å². The minimum absolute atomic E-state index is 0.376. The van der Waals surface area contributed by atoms with Crippen molar-refractivity contribution in [2.24, 2.45) is 0 Å². The van der Waals surface area contributed by atoms with Crippen LogP contribution in [0.2, 0.25) is 0 Å². The lowest BCUT2D eigenvalue weighted by Crippen LogP contribution is -2.04. The monoisotopic (exact) mass is 344 g/mol. The molecule has 0 aliphatic heterocycles. The van der Waals surface area contributed by atoms with Gasteiger partial charge in [-0.1, -0.05) is 12.1 Å². The van der Waals surface area contributed by atoms with Gasteiger partial charge in [0.15, 0.2) is 23.0 Å². The zero-order chi connectivity index (χ0) is 18.4. The molecule has 0 heterocycles. The van der Waals surface area contributed by atoms with E-state index in [1.807, 2.05) is 24.3 Å². The molecular weight excluding hydrogens is 324 g/mol. The quantitative estimate of drug-likeness (QED) is 0.592. The Bertz CT molecular complexity index is 716. The van der Waals surface area contributed by atoms with Crippen LogP contribution in [-0.4, -0.2) is 26.2 Å². The number of methoxy groups -OCH3 is 2. The van der Waals surface area contributed by atoms with E-state index in [-0.39, 0.29) is 0 Å².